The average Bonchev–Trinajstić information content (AvgIpc) is 3.02. The van der Waals surface area contributed by atoms with Crippen molar-refractivity contribution in [2.24, 2.45) is 28.4 Å². The molecule has 4 rings (SSSR count). The SMILES string of the molecule is CC.CN.COc1cc(C)c2c(c1O)CC1C2(C)CCC2C(C)(C)CCCC21C. The third-order valence-electron chi connectivity index (χ3n) is 8.56. The summed E-state index contributed by atoms with van der Waals surface area (Å²) in [5.74, 6) is 2.47. The van der Waals surface area contributed by atoms with Gasteiger partial charge in [0.05, 0.1) is 7.11 Å². The summed E-state index contributed by atoms with van der Waals surface area (Å²) < 4.78 is 5.45. The van der Waals surface area contributed by atoms with Gasteiger partial charge in [0.15, 0.2) is 11.5 Å². The zero-order valence-corrected chi connectivity index (χ0v) is 20.4. The lowest BCUT2D eigenvalue weighted by atomic mass is 9.43. The highest BCUT2D eigenvalue weighted by Gasteiger charge is 2.61. The fraction of sp³-hybridized carbons (Fsp3) is 0.769. The number of aryl methyl sites for hydroxylation is 1. The smallest absolute Gasteiger partial charge is 0.161 e. The molecule has 3 N–H and O–H groups in total. The normalized spacial score (nSPS) is 33.7. The highest BCUT2D eigenvalue weighted by Crippen LogP contribution is 2.68. The summed E-state index contributed by atoms with van der Waals surface area (Å²) in [6.45, 7) is 16.2. The van der Waals surface area contributed by atoms with Gasteiger partial charge in [-0.15, -0.1) is 0 Å². The fourth-order valence-corrected chi connectivity index (χ4v) is 7.60. The predicted molar refractivity (Wildman–Crippen MR) is 124 cm³/mol. The molecule has 0 saturated heterocycles. The Labute approximate surface area is 179 Å². The van der Waals surface area contributed by atoms with Gasteiger partial charge in [-0.3, -0.25) is 0 Å². The minimum Gasteiger partial charge on any atom is -0.504 e. The van der Waals surface area contributed by atoms with Crippen LogP contribution in [0.3, 0.4) is 0 Å². The van der Waals surface area contributed by atoms with E-state index < -0.39 is 0 Å². The monoisotopic (exact) mass is 403 g/mol. The van der Waals surface area contributed by atoms with Crippen LogP contribution >= 0.6 is 0 Å². The van der Waals surface area contributed by atoms with Crippen LogP contribution in [0.5, 0.6) is 11.5 Å². The average molecular weight is 404 g/mol. The Kier molecular flexibility index (Phi) is 7.04. The molecule has 166 valence electrons. The molecule has 1 aromatic rings. The van der Waals surface area contributed by atoms with E-state index in [1.165, 1.54) is 55.8 Å². The van der Waals surface area contributed by atoms with Gasteiger partial charge in [0.1, 0.15) is 0 Å². The lowest BCUT2D eigenvalue weighted by Gasteiger charge is -2.61. The highest BCUT2D eigenvalue weighted by molar-refractivity contribution is 5.59. The van der Waals surface area contributed by atoms with E-state index in [0.29, 0.717) is 28.2 Å². The van der Waals surface area contributed by atoms with Crippen molar-refractivity contribution in [3.63, 3.8) is 0 Å². The number of hydrogen-bond donors (Lipinski definition) is 2. The Morgan fingerprint density at radius 1 is 1.03 bits per heavy atom. The van der Waals surface area contributed by atoms with Gasteiger partial charge in [0.2, 0.25) is 0 Å². The second kappa shape index (κ2) is 8.49. The minimum absolute atomic E-state index is 0.196. The van der Waals surface area contributed by atoms with E-state index in [1.807, 2.05) is 19.9 Å². The van der Waals surface area contributed by atoms with Gasteiger partial charge in [-0.2, -0.15) is 0 Å². The third-order valence-corrected chi connectivity index (χ3v) is 8.56. The van der Waals surface area contributed by atoms with Crippen molar-refractivity contribution in [3.8, 4) is 11.5 Å². The molecule has 1 aromatic carbocycles. The third kappa shape index (κ3) is 3.48. The summed E-state index contributed by atoms with van der Waals surface area (Å²) in [6, 6.07) is 2.04. The molecular weight excluding hydrogens is 358 g/mol. The molecule has 0 aromatic heterocycles. The number of phenolic OH excluding ortho intramolecular Hbond substituents is 1. The zero-order valence-electron chi connectivity index (χ0n) is 20.4. The summed E-state index contributed by atoms with van der Waals surface area (Å²) in [7, 11) is 3.16. The predicted octanol–water partition coefficient (Wildman–Crippen LogP) is 6.37. The van der Waals surface area contributed by atoms with E-state index in [4.69, 9.17) is 4.74 Å². The molecule has 0 amide bonds. The van der Waals surface area contributed by atoms with E-state index in [9.17, 15) is 5.11 Å². The second-order valence-electron chi connectivity index (χ2n) is 10.2. The summed E-state index contributed by atoms with van der Waals surface area (Å²) in [5.41, 5.74) is 9.42. The molecule has 3 aliphatic carbocycles. The van der Waals surface area contributed by atoms with Gasteiger partial charge in [-0.05, 0) is 91.3 Å². The maximum Gasteiger partial charge on any atom is 0.161 e. The largest absolute Gasteiger partial charge is 0.504 e. The number of phenols is 1. The number of rotatable bonds is 1. The van der Waals surface area contributed by atoms with Crippen LogP contribution in [-0.4, -0.2) is 19.3 Å². The van der Waals surface area contributed by atoms with Gasteiger partial charge < -0.3 is 15.6 Å². The molecule has 29 heavy (non-hydrogen) atoms. The molecule has 4 atom stereocenters. The maximum atomic E-state index is 10.9. The molecule has 4 unspecified atom stereocenters. The number of aromatic hydroxyl groups is 1. The van der Waals surface area contributed by atoms with Gasteiger partial charge in [-0.25, -0.2) is 0 Å². The fourth-order valence-electron chi connectivity index (χ4n) is 7.60. The zero-order chi connectivity index (χ0) is 22.2. The van der Waals surface area contributed by atoms with Crippen molar-refractivity contribution in [1.82, 2.24) is 0 Å². The first-order valence-corrected chi connectivity index (χ1v) is 11.6. The van der Waals surface area contributed by atoms with Gasteiger partial charge in [0, 0.05) is 5.56 Å². The molecular formula is C26H45NO2. The van der Waals surface area contributed by atoms with E-state index in [1.54, 1.807) is 7.11 Å². The first kappa shape index (κ1) is 24.1. The van der Waals surface area contributed by atoms with E-state index in [0.717, 1.165) is 12.3 Å². The lowest BCUT2D eigenvalue weighted by molar-refractivity contribution is -0.0983. The van der Waals surface area contributed by atoms with Crippen molar-refractivity contribution >= 4 is 0 Å². The number of benzene rings is 1. The van der Waals surface area contributed by atoms with E-state index in [-0.39, 0.29) is 5.41 Å². The summed E-state index contributed by atoms with van der Waals surface area (Å²) in [5, 5.41) is 10.9. The summed E-state index contributed by atoms with van der Waals surface area (Å²) in [6.07, 6.45) is 7.63. The van der Waals surface area contributed by atoms with Crippen LogP contribution in [0.15, 0.2) is 6.07 Å². The van der Waals surface area contributed by atoms with Crippen molar-refractivity contribution in [2.45, 2.75) is 92.4 Å². The first-order valence-electron chi connectivity index (χ1n) is 11.6. The van der Waals surface area contributed by atoms with E-state index >= 15 is 0 Å². The van der Waals surface area contributed by atoms with Crippen LogP contribution in [0.1, 0.15) is 90.3 Å². The Balaban J connectivity index is 0.000000707. The maximum absolute atomic E-state index is 10.9. The molecule has 0 radical (unpaired) electrons. The highest BCUT2D eigenvalue weighted by atomic mass is 16.5. The molecule has 0 bridgehead atoms. The van der Waals surface area contributed by atoms with Crippen molar-refractivity contribution in [1.29, 1.82) is 0 Å². The van der Waals surface area contributed by atoms with Gasteiger partial charge in [0.25, 0.3) is 0 Å². The molecule has 3 aliphatic rings. The summed E-state index contributed by atoms with van der Waals surface area (Å²) >= 11 is 0. The van der Waals surface area contributed by atoms with Crippen LogP contribution in [-0.2, 0) is 11.8 Å². The number of fused-ring (bicyclic) bond motifs is 5. The van der Waals surface area contributed by atoms with Gasteiger partial charge >= 0.3 is 0 Å². The number of nitrogens with two attached hydrogens (primary N) is 1. The number of methoxy groups -OCH3 is 1. The summed E-state index contributed by atoms with van der Waals surface area (Å²) in [4.78, 5) is 0. The molecule has 3 nitrogen and oxygen atoms in total. The number of ether oxygens (including phenoxy) is 1. The molecule has 2 saturated carbocycles. The molecule has 0 spiro atoms. The Morgan fingerprint density at radius 2 is 1.66 bits per heavy atom. The first-order chi connectivity index (χ1) is 13.6. The van der Waals surface area contributed by atoms with E-state index in [2.05, 4.69) is 40.4 Å². The van der Waals surface area contributed by atoms with Crippen LogP contribution in [0.25, 0.3) is 0 Å². The molecule has 2 fully saturated rings. The van der Waals surface area contributed by atoms with Crippen molar-refractivity contribution < 1.29 is 9.84 Å². The standard InChI is InChI=1S/C23H34O2.C2H6.CH5N/c1-14-12-16(25-6)20(24)15-13-18-22(4)10-7-9-21(2,3)17(22)8-11-23(18,5)19(14)15;2*1-2/h12,17-18,24H,7-11,13H2,1-6H3;1-2H3;2H2,1H3. The van der Waals surface area contributed by atoms with Crippen molar-refractivity contribution in [2.75, 3.05) is 14.2 Å². The van der Waals surface area contributed by atoms with Crippen LogP contribution < -0.4 is 10.5 Å². The topological polar surface area (TPSA) is 55.5 Å². The lowest BCUT2D eigenvalue weighted by Crippen LogP contribution is -2.55. The van der Waals surface area contributed by atoms with Crippen LogP contribution in [0.4, 0.5) is 0 Å². The Bertz CT molecular complexity index is 726. The quantitative estimate of drug-likeness (QED) is 0.573. The van der Waals surface area contributed by atoms with Crippen LogP contribution in [0.2, 0.25) is 0 Å². The Morgan fingerprint density at radius 3 is 2.24 bits per heavy atom. The molecule has 0 aliphatic heterocycles. The van der Waals surface area contributed by atoms with Gasteiger partial charge in [-0.1, -0.05) is 48.0 Å². The molecule has 3 heteroatoms. The Hall–Kier alpha value is -1.22. The molecule has 0 heterocycles. The second-order valence-corrected chi connectivity index (χ2v) is 10.2. The van der Waals surface area contributed by atoms with Crippen molar-refractivity contribution in [3.05, 3.63) is 22.8 Å². The number of hydrogen-bond acceptors (Lipinski definition) is 3. The van der Waals surface area contributed by atoms with Crippen LogP contribution in [0, 0.1) is 29.6 Å². The minimum atomic E-state index is 0.196.